The molecule has 0 aliphatic rings. The molecule has 23 heavy (non-hydrogen) atoms. The van der Waals surface area contributed by atoms with Gasteiger partial charge in [0, 0.05) is 11.6 Å². The summed E-state index contributed by atoms with van der Waals surface area (Å²) < 4.78 is 1.21. The molecular weight excluding hydrogens is 298 g/mol. The second kappa shape index (κ2) is 6.87. The average Bonchev–Trinajstić information content (AvgIpc) is 2.53. The summed E-state index contributed by atoms with van der Waals surface area (Å²) in [6.45, 7) is 3.55. The van der Waals surface area contributed by atoms with Crippen LogP contribution in [0.4, 0.5) is 4.79 Å². The van der Waals surface area contributed by atoms with Crippen LogP contribution < -0.4 is 10.9 Å². The molecule has 1 aromatic carbocycles. The maximum atomic E-state index is 12.6. The summed E-state index contributed by atoms with van der Waals surface area (Å²) in [7, 11) is 0. The molecule has 0 aliphatic carbocycles. The Balaban J connectivity index is 2.47. The van der Waals surface area contributed by atoms with E-state index in [2.05, 4.69) is 10.4 Å². The number of carboxylic acid groups (broad SMARTS) is 1. The number of benzene rings is 1. The van der Waals surface area contributed by atoms with Gasteiger partial charge in [0.05, 0.1) is 11.7 Å². The molecule has 120 valence electrons. The third-order valence-electron chi connectivity index (χ3n) is 3.22. The van der Waals surface area contributed by atoms with Crippen LogP contribution in [0.3, 0.4) is 0 Å². The lowest BCUT2D eigenvalue weighted by Crippen LogP contribution is -2.35. The van der Waals surface area contributed by atoms with Gasteiger partial charge >= 0.3 is 6.09 Å². The Bertz CT molecular complexity index is 768. The van der Waals surface area contributed by atoms with E-state index in [0.29, 0.717) is 5.56 Å². The van der Waals surface area contributed by atoms with Crippen molar-refractivity contribution in [2.75, 3.05) is 0 Å². The van der Waals surface area contributed by atoms with E-state index in [4.69, 9.17) is 5.11 Å². The fourth-order valence-corrected chi connectivity index (χ4v) is 2.13. The lowest BCUT2D eigenvalue weighted by molar-refractivity contribution is 0.0933. The van der Waals surface area contributed by atoms with Crippen LogP contribution in [0.15, 0.2) is 47.3 Å². The van der Waals surface area contributed by atoms with Gasteiger partial charge < -0.3 is 10.4 Å². The quantitative estimate of drug-likeness (QED) is 0.822. The molecule has 2 aromatic rings. The summed E-state index contributed by atoms with van der Waals surface area (Å²) in [6.07, 6.45) is -1.34. The number of carbonyl (C=O) groups is 2. The first-order chi connectivity index (χ1) is 10.9. The van der Waals surface area contributed by atoms with E-state index in [-0.39, 0.29) is 17.3 Å². The number of aromatic nitrogens is 2. The zero-order valence-corrected chi connectivity index (χ0v) is 12.8. The lowest BCUT2D eigenvalue weighted by atomic mass is 10.0. The number of amides is 1. The first-order valence-corrected chi connectivity index (χ1v) is 7.08. The predicted octanol–water partition coefficient (Wildman–Crippen LogP) is 2.02. The summed E-state index contributed by atoms with van der Waals surface area (Å²) >= 11 is 0. The first-order valence-electron chi connectivity index (χ1n) is 7.08. The molecule has 1 atom stereocenters. The van der Waals surface area contributed by atoms with E-state index in [9.17, 15) is 14.4 Å². The van der Waals surface area contributed by atoms with Crippen LogP contribution in [0.1, 0.15) is 42.0 Å². The van der Waals surface area contributed by atoms with Gasteiger partial charge in [0.1, 0.15) is 6.04 Å². The maximum absolute atomic E-state index is 12.6. The van der Waals surface area contributed by atoms with Crippen LogP contribution in [0.25, 0.3) is 0 Å². The van der Waals surface area contributed by atoms with Crippen molar-refractivity contribution in [3.63, 3.8) is 0 Å². The van der Waals surface area contributed by atoms with Gasteiger partial charge in [-0.3, -0.25) is 9.59 Å². The van der Waals surface area contributed by atoms with E-state index in [1.54, 1.807) is 44.2 Å². The monoisotopic (exact) mass is 315 g/mol. The van der Waals surface area contributed by atoms with E-state index >= 15 is 0 Å². The summed E-state index contributed by atoms with van der Waals surface area (Å²) in [5, 5.41) is 15.3. The largest absolute Gasteiger partial charge is 0.465 e. The molecule has 1 aromatic heterocycles. The second-order valence-electron chi connectivity index (χ2n) is 5.25. The number of nitrogens with one attached hydrogen (secondary N) is 1. The molecule has 2 N–H and O–H groups in total. The minimum atomic E-state index is -1.34. The standard InChI is InChI=1S/C16H17N3O4/c1-10(2)19-13(20)9-8-12(18-19)14(17-16(22)23)15(21)11-6-4-3-5-7-11/h3-10,14,17H,1-2H3,(H,22,23). The number of hydrogen-bond donors (Lipinski definition) is 2. The van der Waals surface area contributed by atoms with E-state index in [1.807, 2.05) is 0 Å². The molecular formula is C16H17N3O4. The topological polar surface area (TPSA) is 101 Å². The highest BCUT2D eigenvalue weighted by Gasteiger charge is 2.26. The minimum Gasteiger partial charge on any atom is -0.465 e. The molecule has 0 saturated carbocycles. The van der Waals surface area contributed by atoms with E-state index in [0.717, 1.165) is 0 Å². The molecule has 0 bridgehead atoms. The summed E-state index contributed by atoms with van der Waals surface area (Å²) in [4.78, 5) is 35.4. The Labute approximate surface area is 132 Å². The third kappa shape index (κ3) is 3.82. The first kappa shape index (κ1) is 16.4. The Morgan fingerprint density at radius 2 is 1.78 bits per heavy atom. The highest BCUT2D eigenvalue weighted by molar-refractivity contribution is 6.01. The molecule has 0 aliphatic heterocycles. The molecule has 0 saturated heterocycles. The lowest BCUT2D eigenvalue weighted by Gasteiger charge is -2.17. The average molecular weight is 315 g/mol. The zero-order valence-electron chi connectivity index (χ0n) is 12.8. The normalized spacial score (nSPS) is 12.0. The van der Waals surface area contributed by atoms with Crippen LogP contribution in [0.5, 0.6) is 0 Å². The van der Waals surface area contributed by atoms with Crippen LogP contribution in [0.2, 0.25) is 0 Å². The number of hydrogen-bond acceptors (Lipinski definition) is 4. The van der Waals surface area contributed by atoms with Crippen LogP contribution in [0, 0.1) is 0 Å². The van der Waals surface area contributed by atoms with Gasteiger partial charge in [0.25, 0.3) is 5.56 Å². The van der Waals surface area contributed by atoms with E-state index < -0.39 is 17.9 Å². The Morgan fingerprint density at radius 3 is 2.35 bits per heavy atom. The Hall–Kier alpha value is -2.96. The third-order valence-corrected chi connectivity index (χ3v) is 3.22. The van der Waals surface area contributed by atoms with Crippen molar-refractivity contribution in [1.29, 1.82) is 0 Å². The van der Waals surface area contributed by atoms with Gasteiger partial charge in [0.15, 0.2) is 5.78 Å². The number of carbonyl (C=O) groups excluding carboxylic acids is 1. The summed E-state index contributed by atoms with van der Waals surface area (Å²) in [5.41, 5.74) is 0.217. The number of nitrogens with zero attached hydrogens (tertiary/aromatic N) is 2. The van der Waals surface area contributed by atoms with Crippen LogP contribution in [-0.2, 0) is 0 Å². The second-order valence-corrected chi connectivity index (χ2v) is 5.25. The number of ketones is 1. The SMILES string of the molecule is CC(C)n1nc(C(NC(=O)O)C(=O)c2ccccc2)ccc1=O. The molecule has 1 heterocycles. The molecule has 1 unspecified atom stereocenters. The predicted molar refractivity (Wildman–Crippen MR) is 83.6 cm³/mol. The molecule has 0 spiro atoms. The summed E-state index contributed by atoms with van der Waals surface area (Å²) in [5.74, 6) is -0.436. The van der Waals surface area contributed by atoms with Crippen molar-refractivity contribution in [3.8, 4) is 0 Å². The zero-order chi connectivity index (χ0) is 17.0. The minimum absolute atomic E-state index is 0.176. The number of Topliss-reactive ketones (excluding diaryl/α,β-unsaturated/α-hetero) is 1. The van der Waals surface area contributed by atoms with Crippen molar-refractivity contribution in [2.45, 2.75) is 25.9 Å². The van der Waals surface area contributed by atoms with Gasteiger partial charge in [-0.1, -0.05) is 30.3 Å². The van der Waals surface area contributed by atoms with Crippen LogP contribution >= 0.6 is 0 Å². The van der Waals surface area contributed by atoms with Crippen molar-refractivity contribution in [2.24, 2.45) is 0 Å². The molecule has 7 nitrogen and oxygen atoms in total. The fraction of sp³-hybridized carbons (Fsp3) is 0.250. The van der Waals surface area contributed by atoms with Crippen molar-refractivity contribution in [3.05, 3.63) is 64.1 Å². The Kier molecular flexibility index (Phi) is 4.90. The summed E-state index contributed by atoms with van der Waals surface area (Å²) in [6, 6.07) is 9.57. The van der Waals surface area contributed by atoms with E-state index in [1.165, 1.54) is 16.8 Å². The molecule has 0 fully saturated rings. The van der Waals surface area contributed by atoms with Gasteiger partial charge in [-0.25, -0.2) is 9.48 Å². The van der Waals surface area contributed by atoms with Crippen molar-refractivity contribution < 1.29 is 14.7 Å². The fourth-order valence-electron chi connectivity index (χ4n) is 2.13. The van der Waals surface area contributed by atoms with Gasteiger partial charge in [-0.2, -0.15) is 5.10 Å². The highest BCUT2D eigenvalue weighted by atomic mass is 16.4. The molecule has 2 rings (SSSR count). The smallest absolute Gasteiger partial charge is 0.405 e. The van der Waals surface area contributed by atoms with Crippen molar-refractivity contribution >= 4 is 11.9 Å². The van der Waals surface area contributed by atoms with Gasteiger partial charge in [0.2, 0.25) is 0 Å². The number of rotatable bonds is 5. The van der Waals surface area contributed by atoms with Crippen LogP contribution in [-0.4, -0.2) is 26.8 Å². The molecule has 1 amide bonds. The van der Waals surface area contributed by atoms with Crippen molar-refractivity contribution in [1.82, 2.24) is 15.1 Å². The van der Waals surface area contributed by atoms with Gasteiger partial charge in [-0.15, -0.1) is 0 Å². The molecule has 7 heteroatoms. The highest BCUT2D eigenvalue weighted by Crippen LogP contribution is 2.16. The maximum Gasteiger partial charge on any atom is 0.405 e. The Morgan fingerprint density at radius 1 is 1.13 bits per heavy atom. The molecule has 0 radical (unpaired) electrons. The van der Waals surface area contributed by atoms with Gasteiger partial charge in [-0.05, 0) is 19.9 Å².